The van der Waals surface area contributed by atoms with Crippen molar-refractivity contribution in [1.29, 1.82) is 0 Å². The second-order valence-corrected chi connectivity index (χ2v) is 6.88. The highest BCUT2D eigenvalue weighted by Gasteiger charge is 2.28. The van der Waals surface area contributed by atoms with Gasteiger partial charge in [0.1, 0.15) is 0 Å². The molecular weight excluding hydrogens is 344 g/mol. The minimum atomic E-state index is -0.857. The molecule has 1 fully saturated rings. The van der Waals surface area contributed by atoms with Crippen LogP contribution in [0.25, 0.3) is 10.8 Å². The lowest BCUT2D eigenvalue weighted by Crippen LogP contribution is -2.43. The first-order valence-electron chi connectivity index (χ1n) is 9.33. The number of carbonyl (C=O) groups excluding carboxylic acids is 2. The van der Waals surface area contributed by atoms with Gasteiger partial charge in [-0.25, -0.2) is 0 Å². The molecule has 0 aliphatic carbocycles. The van der Waals surface area contributed by atoms with Crippen molar-refractivity contribution in [3.05, 3.63) is 48.0 Å². The van der Waals surface area contributed by atoms with Gasteiger partial charge >= 0.3 is 5.97 Å². The van der Waals surface area contributed by atoms with Gasteiger partial charge in [0.15, 0.2) is 0 Å². The van der Waals surface area contributed by atoms with Crippen molar-refractivity contribution >= 4 is 28.6 Å². The van der Waals surface area contributed by atoms with Crippen molar-refractivity contribution in [3.63, 3.8) is 0 Å². The van der Waals surface area contributed by atoms with Gasteiger partial charge in [0, 0.05) is 37.5 Å². The summed E-state index contributed by atoms with van der Waals surface area (Å²) >= 11 is 0. The quantitative estimate of drug-likeness (QED) is 0.768. The number of nitrogens with one attached hydrogen (secondary N) is 1. The maximum atomic E-state index is 12.9. The van der Waals surface area contributed by atoms with Gasteiger partial charge in [0.25, 0.3) is 5.91 Å². The zero-order valence-electron chi connectivity index (χ0n) is 15.2. The summed E-state index contributed by atoms with van der Waals surface area (Å²) in [6, 6.07) is 13.6. The van der Waals surface area contributed by atoms with Gasteiger partial charge < -0.3 is 15.3 Å². The van der Waals surface area contributed by atoms with E-state index in [1.807, 2.05) is 47.4 Å². The third kappa shape index (κ3) is 4.64. The Balaban J connectivity index is 1.55. The minimum Gasteiger partial charge on any atom is -0.481 e. The Morgan fingerprint density at radius 1 is 1.04 bits per heavy atom. The Kier molecular flexibility index (Phi) is 6.06. The van der Waals surface area contributed by atoms with Crippen molar-refractivity contribution in [2.75, 3.05) is 19.6 Å². The smallest absolute Gasteiger partial charge is 0.303 e. The fourth-order valence-electron chi connectivity index (χ4n) is 3.52. The SMILES string of the molecule is O=C(O)CCCNC(=O)C1CCN(C(=O)c2cccc3ccccc23)CC1. The first-order valence-corrected chi connectivity index (χ1v) is 9.33. The Morgan fingerprint density at radius 2 is 1.74 bits per heavy atom. The molecule has 0 bridgehead atoms. The van der Waals surface area contributed by atoms with Gasteiger partial charge in [-0.15, -0.1) is 0 Å². The Hall–Kier alpha value is -2.89. The summed E-state index contributed by atoms with van der Waals surface area (Å²) in [6.45, 7) is 1.48. The van der Waals surface area contributed by atoms with Crippen molar-refractivity contribution in [2.24, 2.45) is 5.92 Å². The summed E-state index contributed by atoms with van der Waals surface area (Å²) < 4.78 is 0. The highest BCUT2D eigenvalue weighted by atomic mass is 16.4. The maximum Gasteiger partial charge on any atom is 0.303 e. The largest absolute Gasteiger partial charge is 0.481 e. The molecule has 2 aromatic carbocycles. The van der Waals surface area contributed by atoms with E-state index in [0.29, 0.717) is 44.5 Å². The molecule has 0 spiro atoms. The van der Waals surface area contributed by atoms with Crippen LogP contribution in [0.2, 0.25) is 0 Å². The number of rotatable bonds is 6. The molecule has 0 radical (unpaired) electrons. The second-order valence-electron chi connectivity index (χ2n) is 6.88. The van der Waals surface area contributed by atoms with Gasteiger partial charge in [0.2, 0.25) is 5.91 Å². The molecule has 142 valence electrons. The highest BCUT2D eigenvalue weighted by Crippen LogP contribution is 2.23. The summed E-state index contributed by atoms with van der Waals surface area (Å²) in [5.41, 5.74) is 0.699. The molecule has 1 saturated heterocycles. The summed E-state index contributed by atoms with van der Waals surface area (Å²) in [5.74, 6) is -1.01. The normalized spacial score (nSPS) is 14.9. The fourth-order valence-corrected chi connectivity index (χ4v) is 3.52. The number of likely N-dealkylation sites (tertiary alicyclic amines) is 1. The van der Waals surface area contributed by atoms with Crippen LogP contribution in [0, 0.1) is 5.92 Å². The molecule has 0 saturated carbocycles. The first-order chi connectivity index (χ1) is 13.1. The van der Waals surface area contributed by atoms with Crippen molar-refractivity contribution < 1.29 is 19.5 Å². The molecule has 2 amide bonds. The number of aliphatic carboxylic acids is 1. The topological polar surface area (TPSA) is 86.7 Å². The maximum absolute atomic E-state index is 12.9. The average molecular weight is 368 g/mol. The summed E-state index contributed by atoms with van der Waals surface area (Å²) in [5, 5.41) is 13.4. The van der Waals surface area contributed by atoms with Gasteiger partial charge in [-0.2, -0.15) is 0 Å². The molecule has 6 nitrogen and oxygen atoms in total. The molecule has 1 aliphatic heterocycles. The van der Waals surface area contributed by atoms with Crippen LogP contribution in [0.3, 0.4) is 0 Å². The van der Waals surface area contributed by atoms with E-state index in [9.17, 15) is 14.4 Å². The van der Waals surface area contributed by atoms with Crippen LogP contribution in [0.1, 0.15) is 36.0 Å². The van der Waals surface area contributed by atoms with Crippen LogP contribution in [0.4, 0.5) is 0 Å². The monoisotopic (exact) mass is 368 g/mol. The molecule has 2 N–H and O–H groups in total. The van der Waals surface area contributed by atoms with Crippen LogP contribution in [-0.2, 0) is 9.59 Å². The molecule has 1 heterocycles. The van der Waals surface area contributed by atoms with Crippen molar-refractivity contribution in [2.45, 2.75) is 25.7 Å². The van der Waals surface area contributed by atoms with E-state index in [-0.39, 0.29) is 24.2 Å². The number of carboxylic acid groups (broad SMARTS) is 1. The molecule has 6 heteroatoms. The van der Waals surface area contributed by atoms with E-state index in [1.165, 1.54) is 0 Å². The molecule has 1 aliphatic rings. The molecule has 0 unspecified atom stereocenters. The lowest BCUT2D eigenvalue weighted by molar-refractivity contribution is -0.137. The summed E-state index contributed by atoms with van der Waals surface area (Å²) in [6.07, 6.45) is 1.74. The number of hydrogen-bond acceptors (Lipinski definition) is 3. The minimum absolute atomic E-state index is 0.00659. The number of hydrogen-bond donors (Lipinski definition) is 2. The van der Waals surface area contributed by atoms with Crippen LogP contribution < -0.4 is 5.32 Å². The van der Waals surface area contributed by atoms with E-state index in [2.05, 4.69) is 5.32 Å². The predicted octanol–water partition coefficient (Wildman–Crippen LogP) is 2.67. The third-order valence-electron chi connectivity index (χ3n) is 5.04. The van der Waals surface area contributed by atoms with Gasteiger partial charge in [-0.3, -0.25) is 14.4 Å². The lowest BCUT2D eigenvalue weighted by Gasteiger charge is -2.31. The zero-order valence-corrected chi connectivity index (χ0v) is 15.2. The summed E-state index contributed by atoms with van der Waals surface area (Å²) in [4.78, 5) is 37.4. The van der Waals surface area contributed by atoms with Gasteiger partial charge in [-0.1, -0.05) is 36.4 Å². The zero-order chi connectivity index (χ0) is 19.2. The summed E-state index contributed by atoms with van der Waals surface area (Å²) in [7, 11) is 0. The average Bonchev–Trinajstić information content (AvgIpc) is 2.70. The molecule has 0 aromatic heterocycles. The second kappa shape index (κ2) is 8.66. The standard InChI is InChI=1S/C21H24N2O4/c24-19(25)9-4-12-22-20(26)16-10-13-23(14-11-16)21(27)18-8-3-6-15-5-1-2-7-17(15)18/h1-3,5-8,16H,4,9-14H2,(H,22,26)(H,24,25). The van der Waals surface area contributed by atoms with Gasteiger partial charge in [0.05, 0.1) is 0 Å². The number of carbonyl (C=O) groups is 3. The third-order valence-corrected chi connectivity index (χ3v) is 5.04. The lowest BCUT2D eigenvalue weighted by atomic mass is 9.94. The molecule has 27 heavy (non-hydrogen) atoms. The number of amides is 2. The Morgan fingerprint density at radius 3 is 2.48 bits per heavy atom. The Labute approximate surface area is 158 Å². The van der Waals surface area contributed by atoms with Gasteiger partial charge in [-0.05, 0) is 36.1 Å². The van der Waals surface area contributed by atoms with E-state index in [0.717, 1.165) is 10.8 Å². The molecule has 3 rings (SSSR count). The van der Waals surface area contributed by atoms with Crippen LogP contribution >= 0.6 is 0 Å². The van der Waals surface area contributed by atoms with Crippen LogP contribution in [0.5, 0.6) is 0 Å². The fraction of sp³-hybridized carbons (Fsp3) is 0.381. The molecular formula is C21H24N2O4. The predicted molar refractivity (Wildman–Crippen MR) is 102 cm³/mol. The Bertz CT molecular complexity index is 836. The van der Waals surface area contributed by atoms with Crippen molar-refractivity contribution in [3.8, 4) is 0 Å². The van der Waals surface area contributed by atoms with Crippen LogP contribution in [-0.4, -0.2) is 47.4 Å². The number of piperidine rings is 1. The molecule has 0 atom stereocenters. The van der Waals surface area contributed by atoms with E-state index in [4.69, 9.17) is 5.11 Å². The molecule has 2 aromatic rings. The van der Waals surface area contributed by atoms with Crippen LogP contribution in [0.15, 0.2) is 42.5 Å². The van der Waals surface area contributed by atoms with Crippen molar-refractivity contribution in [1.82, 2.24) is 10.2 Å². The van der Waals surface area contributed by atoms with E-state index >= 15 is 0 Å². The highest BCUT2D eigenvalue weighted by molar-refractivity contribution is 6.07. The van der Waals surface area contributed by atoms with E-state index in [1.54, 1.807) is 0 Å². The van der Waals surface area contributed by atoms with E-state index < -0.39 is 5.97 Å². The number of fused-ring (bicyclic) bond motifs is 1. The number of nitrogens with zero attached hydrogens (tertiary/aromatic N) is 1. The number of carboxylic acids is 1. The number of benzene rings is 2. The first kappa shape index (κ1) is 18.9.